The number of hydrogen-bond donors (Lipinski definition) is 2. The van der Waals surface area contributed by atoms with Gasteiger partial charge in [-0.1, -0.05) is 0 Å². The van der Waals surface area contributed by atoms with Gasteiger partial charge >= 0.3 is 0 Å². The second-order valence-electron chi connectivity index (χ2n) is 4.32. The van der Waals surface area contributed by atoms with Crippen molar-refractivity contribution in [2.45, 2.75) is 23.8 Å². The van der Waals surface area contributed by atoms with Gasteiger partial charge in [0.1, 0.15) is 4.90 Å². The van der Waals surface area contributed by atoms with Crippen LogP contribution in [0.2, 0.25) is 0 Å². The minimum atomic E-state index is -3.55. The van der Waals surface area contributed by atoms with Gasteiger partial charge in [0.05, 0.1) is 0 Å². The van der Waals surface area contributed by atoms with E-state index >= 15 is 0 Å². The van der Waals surface area contributed by atoms with E-state index in [-0.39, 0.29) is 10.9 Å². The van der Waals surface area contributed by atoms with Crippen LogP contribution < -0.4 is 10.5 Å². The number of nitrogen functional groups attached to an aromatic ring is 1. The fourth-order valence-corrected chi connectivity index (χ4v) is 6.96. The minimum Gasteiger partial charge on any atom is -0.399 e. The number of rotatable bonds is 3. The van der Waals surface area contributed by atoms with Crippen LogP contribution in [0.3, 0.4) is 0 Å². The van der Waals surface area contributed by atoms with E-state index in [0.717, 1.165) is 24.3 Å². The van der Waals surface area contributed by atoms with Crippen LogP contribution in [0.4, 0.5) is 5.69 Å². The Morgan fingerprint density at radius 1 is 1.21 bits per heavy atom. The maximum absolute atomic E-state index is 12.4. The van der Waals surface area contributed by atoms with E-state index in [2.05, 4.69) is 36.6 Å². The molecule has 0 atom stereocenters. The summed E-state index contributed by atoms with van der Waals surface area (Å²) in [5.41, 5.74) is 6.18. The van der Waals surface area contributed by atoms with E-state index in [1.807, 2.05) is 11.8 Å². The number of halogens is 2. The molecule has 0 unspecified atom stereocenters. The average Bonchev–Trinajstić information content (AvgIpc) is 2.27. The standard InChI is InChI=1S/C11H14Br2N2O2S2/c12-9-5-7(14)6-10(13)11(9)19(16,17)15-8-1-3-18-4-2-8/h5-6,8,15H,1-4,14H2. The van der Waals surface area contributed by atoms with Crippen molar-refractivity contribution in [1.82, 2.24) is 4.72 Å². The first-order valence-electron chi connectivity index (χ1n) is 5.75. The van der Waals surface area contributed by atoms with Gasteiger partial charge in [0.15, 0.2) is 0 Å². The first-order chi connectivity index (χ1) is 8.90. The van der Waals surface area contributed by atoms with Crippen molar-refractivity contribution in [3.63, 3.8) is 0 Å². The molecule has 2 rings (SSSR count). The van der Waals surface area contributed by atoms with Crippen LogP contribution in [0.15, 0.2) is 26.0 Å². The van der Waals surface area contributed by atoms with Crippen LogP contribution in [0, 0.1) is 0 Å². The maximum atomic E-state index is 12.4. The molecule has 1 saturated heterocycles. The summed E-state index contributed by atoms with van der Waals surface area (Å²) in [7, 11) is -3.55. The lowest BCUT2D eigenvalue weighted by Gasteiger charge is -2.23. The van der Waals surface area contributed by atoms with Crippen LogP contribution in [-0.2, 0) is 10.0 Å². The fraction of sp³-hybridized carbons (Fsp3) is 0.455. The monoisotopic (exact) mass is 428 g/mol. The van der Waals surface area contributed by atoms with E-state index in [1.165, 1.54) is 0 Å². The molecule has 1 heterocycles. The predicted molar refractivity (Wildman–Crippen MR) is 86.9 cm³/mol. The van der Waals surface area contributed by atoms with Crippen molar-refractivity contribution in [3.8, 4) is 0 Å². The van der Waals surface area contributed by atoms with E-state index in [1.54, 1.807) is 12.1 Å². The van der Waals surface area contributed by atoms with Crippen LogP contribution in [0.1, 0.15) is 12.8 Å². The van der Waals surface area contributed by atoms with Crippen molar-refractivity contribution in [2.75, 3.05) is 17.2 Å². The molecule has 0 saturated carbocycles. The SMILES string of the molecule is Nc1cc(Br)c(S(=O)(=O)NC2CCSCC2)c(Br)c1. The third-order valence-corrected chi connectivity index (χ3v) is 7.28. The number of anilines is 1. The zero-order valence-electron chi connectivity index (χ0n) is 10.0. The normalized spacial score (nSPS) is 17.6. The van der Waals surface area contributed by atoms with Crippen molar-refractivity contribution in [3.05, 3.63) is 21.1 Å². The Morgan fingerprint density at radius 3 is 2.26 bits per heavy atom. The first-order valence-corrected chi connectivity index (χ1v) is 9.97. The van der Waals surface area contributed by atoms with Gasteiger partial charge in [0, 0.05) is 20.7 Å². The zero-order valence-corrected chi connectivity index (χ0v) is 14.8. The maximum Gasteiger partial charge on any atom is 0.243 e. The molecule has 0 radical (unpaired) electrons. The molecule has 1 aliphatic rings. The molecule has 4 nitrogen and oxygen atoms in total. The molecule has 8 heteroatoms. The van der Waals surface area contributed by atoms with Crippen molar-refractivity contribution in [2.24, 2.45) is 0 Å². The van der Waals surface area contributed by atoms with E-state index < -0.39 is 10.0 Å². The second kappa shape index (κ2) is 6.34. The molecule has 1 fully saturated rings. The Labute approximate surface area is 134 Å². The van der Waals surface area contributed by atoms with E-state index in [0.29, 0.717) is 14.6 Å². The third kappa shape index (κ3) is 3.87. The first kappa shape index (κ1) is 15.6. The molecule has 1 aromatic carbocycles. The summed E-state index contributed by atoms with van der Waals surface area (Å²) in [6.07, 6.45) is 1.74. The van der Waals surface area contributed by atoms with Crippen molar-refractivity contribution in [1.29, 1.82) is 0 Å². The Balaban J connectivity index is 2.29. The number of sulfonamides is 1. The highest BCUT2D eigenvalue weighted by atomic mass is 79.9. The zero-order chi connectivity index (χ0) is 14.0. The largest absolute Gasteiger partial charge is 0.399 e. The lowest BCUT2D eigenvalue weighted by Crippen LogP contribution is -2.37. The quantitative estimate of drug-likeness (QED) is 0.724. The molecular weight excluding hydrogens is 416 g/mol. The van der Waals surface area contributed by atoms with Gasteiger partial charge in [-0.05, 0) is 68.3 Å². The molecule has 106 valence electrons. The van der Waals surface area contributed by atoms with Gasteiger partial charge in [-0.25, -0.2) is 13.1 Å². The van der Waals surface area contributed by atoms with Crippen LogP contribution in [-0.4, -0.2) is 26.0 Å². The Kier molecular flexibility index (Phi) is 5.21. The van der Waals surface area contributed by atoms with Crippen molar-refractivity contribution >= 4 is 59.3 Å². The molecule has 0 amide bonds. The smallest absolute Gasteiger partial charge is 0.243 e. The predicted octanol–water partition coefficient (Wildman–Crippen LogP) is 2.97. The lowest BCUT2D eigenvalue weighted by molar-refractivity contribution is 0.528. The Bertz CT molecular complexity index is 549. The van der Waals surface area contributed by atoms with Gasteiger partial charge in [-0.3, -0.25) is 0 Å². The summed E-state index contributed by atoms with van der Waals surface area (Å²) in [4.78, 5) is 0.208. The summed E-state index contributed by atoms with van der Waals surface area (Å²) in [6.45, 7) is 0. The molecule has 0 aromatic heterocycles. The van der Waals surface area contributed by atoms with E-state index in [4.69, 9.17) is 5.73 Å². The molecular formula is C11H14Br2N2O2S2. The Morgan fingerprint density at radius 2 is 1.74 bits per heavy atom. The highest BCUT2D eigenvalue weighted by Crippen LogP contribution is 2.33. The van der Waals surface area contributed by atoms with Gasteiger partial charge in [-0.2, -0.15) is 11.8 Å². The van der Waals surface area contributed by atoms with Gasteiger partial charge in [-0.15, -0.1) is 0 Å². The molecule has 1 aliphatic heterocycles. The number of nitrogens with one attached hydrogen (secondary N) is 1. The Hall–Kier alpha value is 0.240. The highest BCUT2D eigenvalue weighted by molar-refractivity contribution is 9.11. The van der Waals surface area contributed by atoms with Crippen LogP contribution in [0.25, 0.3) is 0 Å². The summed E-state index contributed by atoms with van der Waals surface area (Å²) in [5, 5.41) is 0. The topological polar surface area (TPSA) is 72.2 Å². The summed E-state index contributed by atoms with van der Waals surface area (Å²) >= 11 is 8.39. The van der Waals surface area contributed by atoms with Crippen LogP contribution in [0.5, 0.6) is 0 Å². The van der Waals surface area contributed by atoms with E-state index in [9.17, 15) is 8.42 Å². The average molecular weight is 430 g/mol. The summed E-state index contributed by atoms with van der Waals surface area (Å²) in [6, 6.07) is 3.20. The van der Waals surface area contributed by atoms with Gasteiger partial charge < -0.3 is 5.73 Å². The summed E-state index contributed by atoms with van der Waals surface area (Å²) < 4.78 is 28.6. The van der Waals surface area contributed by atoms with Crippen molar-refractivity contribution < 1.29 is 8.42 Å². The van der Waals surface area contributed by atoms with Gasteiger partial charge in [0.25, 0.3) is 0 Å². The molecule has 19 heavy (non-hydrogen) atoms. The third-order valence-electron chi connectivity index (χ3n) is 2.83. The highest BCUT2D eigenvalue weighted by Gasteiger charge is 2.26. The number of thioether (sulfide) groups is 1. The molecule has 0 bridgehead atoms. The molecule has 1 aromatic rings. The second-order valence-corrected chi connectivity index (χ2v) is 8.91. The minimum absolute atomic E-state index is 0.0163. The van der Waals surface area contributed by atoms with Gasteiger partial charge in [0.2, 0.25) is 10.0 Å². The number of hydrogen-bond acceptors (Lipinski definition) is 4. The molecule has 0 spiro atoms. The number of benzene rings is 1. The molecule has 3 N–H and O–H groups in total. The van der Waals surface area contributed by atoms with Crippen LogP contribution >= 0.6 is 43.6 Å². The summed E-state index contributed by atoms with van der Waals surface area (Å²) in [5.74, 6) is 1.99. The number of nitrogens with two attached hydrogens (primary N) is 1. The fourth-order valence-electron chi connectivity index (χ4n) is 1.93. The lowest BCUT2D eigenvalue weighted by atomic mass is 10.2. The molecule has 0 aliphatic carbocycles.